The zero-order chi connectivity index (χ0) is 14.0. The number of anilines is 1. The minimum atomic E-state index is -0.237. The Hall–Kier alpha value is -1.35. The molecule has 1 nitrogen and oxygen atoms in total. The molecule has 0 saturated heterocycles. The molecule has 0 bridgehead atoms. The SMILES string of the molecule is Cc1ccc(C(C)Nc2cc(Br)ccc2F)cc1C. The Balaban J connectivity index is 2.22. The normalized spacial score (nSPS) is 12.3. The predicted octanol–water partition coefficient (Wildman–Crippen LogP) is 5.38. The maximum Gasteiger partial charge on any atom is 0.146 e. The van der Waals surface area contributed by atoms with E-state index >= 15 is 0 Å². The van der Waals surface area contributed by atoms with Crippen molar-refractivity contribution in [3.8, 4) is 0 Å². The van der Waals surface area contributed by atoms with Crippen molar-refractivity contribution in [3.05, 3.63) is 63.4 Å². The van der Waals surface area contributed by atoms with Gasteiger partial charge in [0.1, 0.15) is 5.82 Å². The van der Waals surface area contributed by atoms with E-state index in [1.165, 1.54) is 17.2 Å². The molecule has 3 heteroatoms. The number of benzene rings is 2. The Morgan fingerprint density at radius 3 is 2.47 bits per heavy atom. The van der Waals surface area contributed by atoms with Gasteiger partial charge in [-0.05, 0) is 55.7 Å². The van der Waals surface area contributed by atoms with Crippen LogP contribution in [0.4, 0.5) is 10.1 Å². The Labute approximate surface area is 122 Å². The second-order valence-corrected chi connectivity index (χ2v) is 5.75. The number of nitrogens with one attached hydrogen (secondary N) is 1. The van der Waals surface area contributed by atoms with Crippen molar-refractivity contribution in [3.63, 3.8) is 0 Å². The molecule has 100 valence electrons. The molecule has 2 aromatic rings. The first kappa shape index (κ1) is 14.1. The second kappa shape index (κ2) is 5.74. The number of hydrogen-bond donors (Lipinski definition) is 1. The van der Waals surface area contributed by atoms with E-state index in [1.54, 1.807) is 12.1 Å². The molecule has 0 amide bonds. The fourth-order valence-corrected chi connectivity index (χ4v) is 2.32. The molecule has 1 unspecified atom stereocenters. The van der Waals surface area contributed by atoms with Gasteiger partial charge in [-0.2, -0.15) is 0 Å². The van der Waals surface area contributed by atoms with E-state index in [1.807, 2.05) is 6.92 Å². The molecule has 0 aliphatic heterocycles. The van der Waals surface area contributed by atoms with Gasteiger partial charge in [0.15, 0.2) is 0 Å². The lowest BCUT2D eigenvalue weighted by Gasteiger charge is -2.17. The highest BCUT2D eigenvalue weighted by Gasteiger charge is 2.09. The molecule has 19 heavy (non-hydrogen) atoms. The molecule has 1 atom stereocenters. The first-order valence-electron chi connectivity index (χ1n) is 6.26. The third kappa shape index (κ3) is 3.35. The van der Waals surface area contributed by atoms with E-state index in [0.29, 0.717) is 5.69 Å². The molecule has 2 aromatic carbocycles. The van der Waals surface area contributed by atoms with Crippen LogP contribution in [-0.2, 0) is 0 Å². The van der Waals surface area contributed by atoms with Crippen molar-refractivity contribution in [1.82, 2.24) is 0 Å². The summed E-state index contributed by atoms with van der Waals surface area (Å²) in [5.41, 5.74) is 4.19. The summed E-state index contributed by atoms with van der Waals surface area (Å²) in [4.78, 5) is 0. The maximum absolute atomic E-state index is 13.7. The van der Waals surface area contributed by atoms with E-state index in [9.17, 15) is 4.39 Å². The van der Waals surface area contributed by atoms with Crippen LogP contribution < -0.4 is 5.32 Å². The maximum atomic E-state index is 13.7. The summed E-state index contributed by atoms with van der Waals surface area (Å²) in [5, 5.41) is 3.21. The van der Waals surface area contributed by atoms with Gasteiger partial charge in [0.25, 0.3) is 0 Å². The lowest BCUT2D eigenvalue weighted by molar-refractivity contribution is 0.627. The standard InChI is InChI=1S/C16H17BrFN/c1-10-4-5-13(8-11(10)2)12(3)19-16-9-14(17)6-7-15(16)18/h4-9,12,19H,1-3H3. The van der Waals surface area contributed by atoms with Crippen LogP contribution in [0.2, 0.25) is 0 Å². The topological polar surface area (TPSA) is 12.0 Å². The highest BCUT2D eigenvalue weighted by molar-refractivity contribution is 9.10. The first-order valence-corrected chi connectivity index (χ1v) is 7.05. The average Bonchev–Trinajstić information content (AvgIpc) is 2.37. The van der Waals surface area contributed by atoms with Gasteiger partial charge in [-0.3, -0.25) is 0 Å². The quantitative estimate of drug-likeness (QED) is 0.800. The van der Waals surface area contributed by atoms with Gasteiger partial charge in [0.2, 0.25) is 0 Å². The van der Waals surface area contributed by atoms with Crippen LogP contribution in [-0.4, -0.2) is 0 Å². The molecule has 0 heterocycles. The molecule has 0 radical (unpaired) electrons. The van der Waals surface area contributed by atoms with Gasteiger partial charge in [0.05, 0.1) is 5.69 Å². The van der Waals surface area contributed by atoms with Gasteiger partial charge < -0.3 is 5.32 Å². The van der Waals surface area contributed by atoms with Crippen molar-refractivity contribution in [1.29, 1.82) is 0 Å². The minimum absolute atomic E-state index is 0.0584. The number of aryl methyl sites for hydroxylation is 2. The summed E-state index contributed by atoms with van der Waals surface area (Å²) in [6.45, 7) is 6.21. The third-order valence-electron chi connectivity index (χ3n) is 3.33. The molecule has 0 saturated carbocycles. The van der Waals surface area contributed by atoms with Crippen molar-refractivity contribution in [2.45, 2.75) is 26.8 Å². The van der Waals surface area contributed by atoms with Crippen molar-refractivity contribution < 1.29 is 4.39 Å². The molecular weight excluding hydrogens is 305 g/mol. The fraction of sp³-hybridized carbons (Fsp3) is 0.250. The van der Waals surface area contributed by atoms with Gasteiger partial charge in [0, 0.05) is 10.5 Å². The predicted molar refractivity (Wildman–Crippen MR) is 82.1 cm³/mol. The lowest BCUT2D eigenvalue weighted by atomic mass is 10.0. The molecular formula is C16H17BrFN. The van der Waals surface area contributed by atoms with Crippen molar-refractivity contribution in [2.75, 3.05) is 5.32 Å². The summed E-state index contributed by atoms with van der Waals surface area (Å²) >= 11 is 3.36. The molecule has 0 aliphatic rings. The zero-order valence-corrected chi connectivity index (χ0v) is 12.9. The largest absolute Gasteiger partial charge is 0.376 e. The van der Waals surface area contributed by atoms with E-state index < -0.39 is 0 Å². The Morgan fingerprint density at radius 1 is 1.05 bits per heavy atom. The fourth-order valence-electron chi connectivity index (χ4n) is 1.96. The van der Waals surface area contributed by atoms with Crippen LogP contribution in [0, 0.1) is 19.7 Å². The molecule has 0 aromatic heterocycles. The van der Waals surface area contributed by atoms with E-state index in [0.717, 1.165) is 10.0 Å². The van der Waals surface area contributed by atoms with Crippen LogP contribution in [0.3, 0.4) is 0 Å². The van der Waals surface area contributed by atoms with E-state index in [2.05, 4.69) is 53.3 Å². The third-order valence-corrected chi connectivity index (χ3v) is 3.82. The Bertz CT molecular complexity index is 595. The number of rotatable bonds is 3. The van der Waals surface area contributed by atoms with E-state index in [-0.39, 0.29) is 11.9 Å². The highest BCUT2D eigenvalue weighted by Crippen LogP contribution is 2.25. The Kier molecular flexibility index (Phi) is 4.25. The van der Waals surface area contributed by atoms with Crippen molar-refractivity contribution in [2.24, 2.45) is 0 Å². The van der Waals surface area contributed by atoms with Crippen LogP contribution in [0.15, 0.2) is 40.9 Å². The average molecular weight is 322 g/mol. The van der Waals surface area contributed by atoms with Crippen LogP contribution >= 0.6 is 15.9 Å². The highest BCUT2D eigenvalue weighted by atomic mass is 79.9. The summed E-state index contributed by atoms with van der Waals surface area (Å²) < 4.78 is 14.6. The zero-order valence-electron chi connectivity index (χ0n) is 11.3. The molecule has 1 N–H and O–H groups in total. The van der Waals surface area contributed by atoms with Gasteiger partial charge >= 0.3 is 0 Å². The van der Waals surface area contributed by atoms with Crippen LogP contribution in [0.25, 0.3) is 0 Å². The second-order valence-electron chi connectivity index (χ2n) is 4.83. The first-order chi connectivity index (χ1) is 8.97. The van der Waals surface area contributed by atoms with E-state index in [4.69, 9.17) is 0 Å². The Morgan fingerprint density at radius 2 is 1.79 bits per heavy atom. The molecule has 0 spiro atoms. The minimum Gasteiger partial charge on any atom is -0.376 e. The summed E-state index contributed by atoms with van der Waals surface area (Å²) in [6.07, 6.45) is 0. The number of halogens is 2. The summed E-state index contributed by atoms with van der Waals surface area (Å²) in [7, 11) is 0. The van der Waals surface area contributed by atoms with Gasteiger partial charge in [-0.15, -0.1) is 0 Å². The van der Waals surface area contributed by atoms with Gasteiger partial charge in [-0.25, -0.2) is 4.39 Å². The monoisotopic (exact) mass is 321 g/mol. The molecule has 0 fully saturated rings. The van der Waals surface area contributed by atoms with Crippen LogP contribution in [0.5, 0.6) is 0 Å². The smallest absolute Gasteiger partial charge is 0.146 e. The molecule has 2 rings (SSSR count). The summed E-state index contributed by atoms with van der Waals surface area (Å²) in [5.74, 6) is -0.237. The van der Waals surface area contributed by atoms with Crippen molar-refractivity contribution >= 4 is 21.6 Å². The van der Waals surface area contributed by atoms with Crippen LogP contribution in [0.1, 0.15) is 29.7 Å². The summed E-state index contributed by atoms with van der Waals surface area (Å²) in [6, 6.07) is 11.3. The lowest BCUT2D eigenvalue weighted by Crippen LogP contribution is -2.08. The molecule has 0 aliphatic carbocycles. The number of hydrogen-bond acceptors (Lipinski definition) is 1. The van der Waals surface area contributed by atoms with Gasteiger partial charge in [-0.1, -0.05) is 34.1 Å².